The summed E-state index contributed by atoms with van der Waals surface area (Å²) in [5.74, 6) is 0.206. The van der Waals surface area contributed by atoms with Crippen LogP contribution in [-0.2, 0) is 11.2 Å². The summed E-state index contributed by atoms with van der Waals surface area (Å²) in [6.45, 7) is 1.15. The highest BCUT2D eigenvalue weighted by atomic mass is 35.5. The maximum atomic E-state index is 13.0. The topological polar surface area (TPSA) is 97.5 Å². The Morgan fingerprint density at radius 2 is 2.15 bits per heavy atom. The zero-order valence-electron chi connectivity index (χ0n) is 14.4. The van der Waals surface area contributed by atoms with Crippen molar-refractivity contribution in [2.24, 2.45) is 0 Å². The average Bonchev–Trinajstić information content (AvgIpc) is 2.64. The van der Waals surface area contributed by atoms with Crippen molar-refractivity contribution in [3.8, 4) is 5.75 Å². The molecule has 0 aliphatic carbocycles. The second-order valence-corrected chi connectivity index (χ2v) is 6.02. The van der Waals surface area contributed by atoms with Gasteiger partial charge in [-0.2, -0.15) is 0 Å². The van der Waals surface area contributed by atoms with Gasteiger partial charge in [0, 0.05) is 43.8 Å². The summed E-state index contributed by atoms with van der Waals surface area (Å²) in [6.07, 6.45) is 4.45. The third-order valence-electron chi connectivity index (χ3n) is 3.78. The number of carbonyl (C=O) groups is 2. The molecule has 0 bridgehead atoms. The number of carbonyl (C=O) groups excluding carboxylic acids is 2. The number of pyridine rings is 1. The van der Waals surface area contributed by atoms with E-state index in [1.165, 1.54) is 7.11 Å². The number of benzene rings is 1. The lowest BCUT2D eigenvalue weighted by Gasteiger charge is -2.23. The highest BCUT2D eigenvalue weighted by Gasteiger charge is 2.19. The molecule has 7 nitrogen and oxygen atoms in total. The molecule has 2 rings (SSSR count). The molecule has 2 aromatic rings. The smallest absolute Gasteiger partial charge is 0.257 e. The standard InChI is InChI=1S/C18H21ClN4O3/c1-26-17-9-15(20)2-3-16(17)18(25)23(7-5-21-12-24)6-4-13-8-14(19)11-22-10-13/h2-3,8-12H,4-7,20H2,1H3,(H,21,24). The Kier molecular flexibility index (Phi) is 7.23. The van der Waals surface area contributed by atoms with Crippen molar-refractivity contribution in [3.05, 3.63) is 52.8 Å². The van der Waals surface area contributed by atoms with Crippen LogP contribution in [0.25, 0.3) is 0 Å². The van der Waals surface area contributed by atoms with Crippen LogP contribution in [0.1, 0.15) is 15.9 Å². The lowest BCUT2D eigenvalue weighted by molar-refractivity contribution is -0.109. The van der Waals surface area contributed by atoms with Crippen LogP contribution in [0, 0.1) is 0 Å². The Morgan fingerprint density at radius 1 is 1.35 bits per heavy atom. The van der Waals surface area contributed by atoms with E-state index in [2.05, 4.69) is 10.3 Å². The predicted molar refractivity (Wildman–Crippen MR) is 100 cm³/mol. The molecule has 0 saturated heterocycles. The molecule has 1 heterocycles. The van der Waals surface area contributed by atoms with Crippen LogP contribution in [0.2, 0.25) is 5.02 Å². The normalized spacial score (nSPS) is 10.2. The van der Waals surface area contributed by atoms with Gasteiger partial charge in [-0.15, -0.1) is 0 Å². The fraction of sp³-hybridized carbons (Fsp3) is 0.278. The molecule has 0 atom stereocenters. The third-order valence-corrected chi connectivity index (χ3v) is 3.99. The lowest BCUT2D eigenvalue weighted by Crippen LogP contribution is -2.38. The number of halogens is 1. The fourth-order valence-corrected chi connectivity index (χ4v) is 2.68. The van der Waals surface area contributed by atoms with E-state index in [0.717, 1.165) is 5.56 Å². The Balaban J connectivity index is 2.17. The van der Waals surface area contributed by atoms with E-state index in [0.29, 0.717) is 54.5 Å². The molecule has 0 fully saturated rings. The van der Waals surface area contributed by atoms with Gasteiger partial charge in [0.15, 0.2) is 0 Å². The van der Waals surface area contributed by atoms with E-state index in [4.69, 9.17) is 22.1 Å². The highest BCUT2D eigenvalue weighted by molar-refractivity contribution is 6.30. The quantitative estimate of drug-likeness (QED) is 0.395. The van der Waals surface area contributed by atoms with Crippen molar-refractivity contribution < 1.29 is 14.3 Å². The predicted octanol–water partition coefficient (Wildman–Crippen LogP) is 1.76. The van der Waals surface area contributed by atoms with Gasteiger partial charge >= 0.3 is 0 Å². The average molecular weight is 377 g/mol. The minimum absolute atomic E-state index is 0.204. The number of nitrogens with two attached hydrogens (primary N) is 1. The maximum Gasteiger partial charge on any atom is 0.257 e. The molecular formula is C18H21ClN4O3. The van der Waals surface area contributed by atoms with Gasteiger partial charge in [-0.1, -0.05) is 11.6 Å². The zero-order chi connectivity index (χ0) is 18.9. The first kappa shape index (κ1) is 19.5. The van der Waals surface area contributed by atoms with Crippen LogP contribution >= 0.6 is 11.6 Å². The Hall–Kier alpha value is -2.80. The van der Waals surface area contributed by atoms with Gasteiger partial charge in [-0.05, 0) is 30.2 Å². The summed E-state index contributed by atoms with van der Waals surface area (Å²) >= 11 is 5.96. The van der Waals surface area contributed by atoms with E-state index in [-0.39, 0.29) is 5.91 Å². The first-order chi connectivity index (χ1) is 12.5. The zero-order valence-corrected chi connectivity index (χ0v) is 15.2. The minimum atomic E-state index is -0.204. The van der Waals surface area contributed by atoms with E-state index in [1.807, 2.05) is 6.07 Å². The van der Waals surface area contributed by atoms with Crippen molar-refractivity contribution in [3.63, 3.8) is 0 Å². The van der Waals surface area contributed by atoms with Gasteiger partial charge in [0.1, 0.15) is 5.75 Å². The van der Waals surface area contributed by atoms with Crippen LogP contribution in [0.5, 0.6) is 5.75 Å². The fourth-order valence-electron chi connectivity index (χ4n) is 2.48. The first-order valence-corrected chi connectivity index (χ1v) is 8.42. The van der Waals surface area contributed by atoms with Gasteiger partial charge in [0.05, 0.1) is 17.7 Å². The number of nitrogens with one attached hydrogen (secondary N) is 1. The van der Waals surface area contributed by atoms with Crippen LogP contribution in [-0.4, -0.2) is 48.9 Å². The number of hydrogen-bond donors (Lipinski definition) is 2. The maximum absolute atomic E-state index is 13.0. The van der Waals surface area contributed by atoms with Crippen LogP contribution in [0.15, 0.2) is 36.7 Å². The summed E-state index contributed by atoms with van der Waals surface area (Å²) in [6, 6.07) is 6.71. The molecule has 0 spiro atoms. The molecule has 3 N–H and O–H groups in total. The van der Waals surface area contributed by atoms with Gasteiger partial charge < -0.3 is 20.7 Å². The number of ether oxygens (including phenoxy) is 1. The van der Waals surface area contributed by atoms with Gasteiger partial charge in [-0.25, -0.2) is 0 Å². The summed E-state index contributed by atoms with van der Waals surface area (Å²) in [7, 11) is 1.49. The number of nitrogens with zero attached hydrogens (tertiary/aromatic N) is 2. The summed E-state index contributed by atoms with van der Waals surface area (Å²) in [5.41, 5.74) is 7.60. The monoisotopic (exact) mass is 376 g/mol. The molecule has 0 saturated carbocycles. The molecular weight excluding hydrogens is 356 g/mol. The molecule has 26 heavy (non-hydrogen) atoms. The molecule has 8 heteroatoms. The van der Waals surface area contributed by atoms with E-state index >= 15 is 0 Å². The molecule has 0 radical (unpaired) electrons. The summed E-state index contributed by atoms with van der Waals surface area (Å²) < 4.78 is 5.27. The number of nitrogen functional groups attached to an aromatic ring is 1. The molecule has 0 unspecified atom stereocenters. The molecule has 138 valence electrons. The van der Waals surface area contributed by atoms with Crippen LogP contribution < -0.4 is 15.8 Å². The van der Waals surface area contributed by atoms with Gasteiger partial charge in [0.2, 0.25) is 6.41 Å². The Labute approximate surface area is 157 Å². The van der Waals surface area contributed by atoms with E-state index in [1.54, 1.807) is 35.5 Å². The number of hydrogen-bond acceptors (Lipinski definition) is 5. The molecule has 0 aliphatic rings. The van der Waals surface area contributed by atoms with Crippen molar-refractivity contribution in [1.82, 2.24) is 15.2 Å². The van der Waals surface area contributed by atoms with E-state index in [9.17, 15) is 9.59 Å². The van der Waals surface area contributed by atoms with Gasteiger partial charge in [-0.3, -0.25) is 14.6 Å². The second-order valence-electron chi connectivity index (χ2n) is 5.59. The molecule has 2 amide bonds. The highest BCUT2D eigenvalue weighted by Crippen LogP contribution is 2.23. The Morgan fingerprint density at radius 3 is 2.85 bits per heavy atom. The SMILES string of the molecule is COc1cc(N)ccc1C(=O)N(CCNC=O)CCc1cncc(Cl)c1. The largest absolute Gasteiger partial charge is 0.496 e. The lowest BCUT2D eigenvalue weighted by atomic mass is 10.1. The molecule has 1 aromatic heterocycles. The summed E-state index contributed by atoms with van der Waals surface area (Å²) in [5, 5.41) is 3.12. The number of methoxy groups -OCH3 is 1. The Bertz CT molecular complexity index is 770. The first-order valence-electron chi connectivity index (χ1n) is 8.04. The van der Waals surface area contributed by atoms with Crippen molar-refractivity contribution in [2.75, 3.05) is 32.5 Å². The van der Waals surface area contributed by atoms with Crippen molar-refractivity contribution in [1.29, 1.82) is 0 Å². The van der Waals surface area contributed by atoms with Crippen molar-refractivity contribution >= 4 is 29.6 Å². The number of rotatable bonds is 9. The van der Waals surface area contributed by atoms with Crippen LogP contribution in [0.3, 0.4) is 0 Å². The molecule has 1 aromatic carbocycles. The minimum Gasteiger partial charge on any atom is -0.496 e. The van der Waals surface area contributed by atoms with Crippen molar-refractivity contribution in [2.45, 2.75) is 6.42 Å². The number of aromatic nitrogens is 1. The number of amides is 2. The molecule has 0 aliphatic heterocycles. The van der Waals surface area contributed by atoms with Crippen LogP contribution in [0.4, 0.5) is 5.69 Å². The van der Waals surface area contributed by atoms with Gasteiger partial charge in [0.25, 0.3) is 5.91 Å². The number of anilines is 1. The summed E-state index contributed by atoms with van der Waals surface area (Å²) in [4.78, 5) is 29.2. The third kappa shape index (κ3) is 5.35. The van der Waals surface area contributed by atoms with E-state index < -0.39 is 0 Å². The second kappa shape index (κ2) is 9.62.